The first-order valence-electron chi connectivity index (χ1n) is 9.07. The fraction of sp³-hybridized carbons (Fsp3) is 0.350. The molecule has 0 spiro atoms. The first-order valence-corrected chi connectivity index (χ1v) is 9.07. The van der Waals surface area contributed by atoms with Crippen LogP contribution in [-0.4, -0.2) is 59.1 Å². The molecule has 1 fully saturated rings. The van der Waals surface area contributed by atoms with Crippen LogP contribution in [0.25, 0.3) is 11.3 Å². The van der Waals surface area contributed by atoms with Gasteiger partial charge in [0.15, 0.2) is 0 Å². The van der Waals surface area contributed by atoms with Crippen molar-refractivity contribution < 1.29 is 14.7 Å². The average molecular weight is 368 g/mol. The van der Waals surface area contributed by atoms with E-state index in [4.69, 9.17) is 0 Å². The van der Waals surface area contributed by atoms with Crippen molar-refractivity contribution in [2.24, 2.45) is 0 Å². The topological polar surface area (TPSA) is 94.6 Å². The molecule has 3 rings (SSSR count). The average Bonchev–Trinajstić information content (AvgIpc) is 2.67. The Morgan fingerprint density at radius 1 is 1.19 bits per heavy atom. The molecule has 3 N–H and O–H groups in total. The number of rotatable bonds is 5. The molecule has 2 heterocycles. The zero-order chi connectivity index (χ0) is 19.4. The van der Waals surface area contributed by atoms with Gasteiger partial charge >= 0.3 is 5.97 Å². The van der Waals surface area contributed by atoms with Crippen molar-refractivity contribution in [1.29, 1.82) is 0 Å². The molecule has 1 saturated heterocycles. The molecule has 1 aliphatic heterocycles. The number of pyridine rings is 1. The van der Waals surface area contributed by atoms with Crippen LogP contribution >= 0.6 is 0 Å². The maximum atomic E-state index is 13.2. The summed E-state index contributed by atoms with van der Waals surface area (Å²) >= 11 is 0. The number of hydrogen-bond donors (Lipinski definition) is 3. The van der Waals surface area contributed by atoms with E-state index in [0.29, 0.717) is 37.4 Å². The van der Waals surface area contributed by atoms with Crippen LogP contribution in [0.15, 0.2) is 36.5 Å². The number of aromatic carboxylic acids is 1. The summed E-state index contributed by atoms with van der Waals surface area (Å²) in [7, 11) is 0. The van der Waals surface area contributed by atoms with Gasteiger partial charge in [-0.15, -0.1) is 0 Å². The number of aromatic nitrogens is 1. The Morgan fingerprint density at radius 2 is 1.93 bits per heavy atom. The minimum atomic E-state index is -1.12. The van der Waals surface area contributed by atoms with Gasteiger partial charge in [0.2, 0.25) is 0 Å². The highest BCUT2D eigenvalue weighted by Crippen LogP contribution is 2.32. The number of carboxylic acid groups (broad SMARTS) is 1. The van der Waals surface area contributed by atoms with Crippen molar-refractivity contribution in [3.8, 4) is 11.3 Å². The number of hydrogen-bond acceptors (Lipinski definition) is 5. The number of carboxylic acids is 1. The normalized spacial score (nSPS) is 14.3. The summed E-state index contributed by atoms with van der Waals surface area (Å²) in [6.45, 7) is 6.51. The zero-order valence-corrected chi connectivity index (χ0v) is 15.5. The third kappa shape index (κ3) is 4.09. The van der Waals surface area contributed by atoms with Gasteiger partial charge in [0.05, 0.1) is 22.5 Å². The van der Waals surface area contributed by atoms with Gasteiger partial charge in [-0.05, 0) is 32.0 Å². The number of nitrogens with one attached hydrogen (secondary N) is 2. The van der Waals surface area contributed by atoms with Crippen molar-refractivity contribution >= 4 is 17.6 Å². The van der Waals surface area contributed by atoms with Crippen molar-refractivity contribution in [1.82, 2.24) is 15.2 Å². The molecule has 0 atom stereocenters. The third-order valence-electron chi connectivity index (χ3n) is 4.42. The van der Waals surface area contributed by atoms with E-state index < -0.39 is 5.97 Å². The maximum Gasteiger partial charge on any atom is 0.336 e. The minimum absolute atomic E-state index is 0.00261. The van der Waals surface area contributed by atoms with E-state index in [1.165, 1.54) is 6.07 Å². The maximum absolute atomic E-state index is 13.2. The molecule has 27 heavy (non-hydrogen) atoms. The van der Waals surface area contributed by atoms with Gasteiger partial charge in [0, 0.05) is 44.0 Å². The lowest BCUT2D eigenvalue weighted by molar-refractivity contribution is 0.0670. The van der Waals surface area contributed by atoms with Gasteiger partial charge in [-0.1, -0.05) is 12.1 Å². The molecule has 1 amide bonds. The number of anilines is 1. The van der Waals surface area contributed by atoms with E-state index in [1.54, 1.807) is 23.2 Å². The van der Waals surface area contributed by atoms with Crippen molar-refractivity contribution in [3.63, 3.8) is 0 Å². The van der Waals surface area contributed by atoms with Gasteiger partial charge in [0.25, 0.3) is 5.91 Å². The van der Waals surface area contributed by atoms with E-state index in [2.05, 4.69) is 15.6 Å². The lowest BCUT2D eigenvalue weighted by atomic mass is 9.95. The van der Waals surface area contributed by atoms with Crippen molar-refractivity contribution in [2.75, 3.05) is 31.5 Å². The highest BCUT2D eigenvalue weighted by atomic mass is 16.4. The summed E-state index contributed by atoms with van der Waals surface area (Å²) in [6.07, 6.45) is 1.65. The van der Waals surface area contributed by atoms with Crippen LogP contribution in [0.5, 0.6) is 0 Å². The van der Waals surface area contributed by atoms with Gasteiger partial charge in [-0.3, -0.25) is 9.78 Å². The molecule has 0 aliphatic carbocycles. The van der Waals surface area contributed by atoms with Crippen LogP contribution in [0.2, 0.25) is 0 Å². The molecule has 1 aromatic carbocycles. The Bertz CT molecular complexity index is 845. The molecule has 0 bridgehead atoms. The first kappa shape index (κ1) is 18.8. The van der Waals surface area contributed by atoms with E-state index in [0.717, 1.165) is 5.69 Å². The Balaban J connectivity index is 2.15. The van der Waals surface area contributed by atoms with Crippen LogP contribution in [-0.2, 0) is 0 Å². The van der Waals surface area contributed by atoms with Gasteiger partial charge in [-0.2, -0.15) is 0 Å². The molecule has 0 unspecified atom stereocenters. The minimum Gasteiger partial charge on any atom is -0.478 e. The largest absolute Gasteiger partial charge is 0.478 e. The molecule has 1 aliphatic rings. The van der Waals surface area contributed by atoms with E-state index in [9.17, 15) is 14.7 Å². The third-order valence-corrected chi connectivity index (χ3v) is 4.42. The van der Waals surface area contributed by atoms with Gasteiger partial charge < -0.3 is 20.6 Å². The molecule has 7 heteroatoms. The Hall–Kier alpha value is -2.93. The summed E-state index contributed by atoms with van der Waals surface area (Å²) in [5, 5.41) is 16.2. The highest BCUT2D eigenvalue weighted by Gasteiger charge is 2.27. The van der Waals surface area contributed by atoms with Crippen molar-refractivity contribution in [2.45, 2.75) is 19.9 Å². The molecule has 0 saturated carbocycles. The smallest absolute Gasteiger partial charge is 0.336 e. The second-order valence-electron chi connectivity index (χ2n) is 6.77. The first-order chi connectivity index (χ1) is 13.0. The number of piperazine rings is 1. The molecular formula is C20H24N4O3. The fourth-order valence-corrected chi connectivity index (χ4v) is 3.23. The highest BCUT2D eigenvalue weighted by molar-refractivity contribution is 6.10. The summed E-state index contributed by atoms with van der Waals surface area (Å²) in [6, 6.07) is 8.75. The predicted octanol–water partition coefficient (Wildman–Crippen LogP) is 2.31. The number of carbonyl (C=O) groups excluding carboxylic acids is 1. The van der Waals surface area contributed by atoms with Crippen molar-refractivity contribution in [3.05, 3.63) is 47.7 Å². The molecule has 1 aromatic heterocycles. The Labute approximate surface area is 158 Å². The van der Waals surface area contributed by atoms with Crippen LogP contribution in [0, 0.1) is 0 Å². The van der Waals surface area contributed by atoms with Gasteiger partial charge in [0.1, 0.15) is 0 Å². The van der Waals surface area contributed by atoms with E-state index in [-0.39, 0.29) is 23.1 Å². The quantitative estimate of drug-likeness (QED) is 0.750. The zero-order valence-electron chi connectivity index (χ0n) is 15.5. The van der Waals surface area contributed by atoms with Crippen LogP contribution in [0.1, 0.15) is 34.6 Å². The number of carbonyl (C=O) groups is 2. The summed E-state index contributed by atoms with van der Waals surface area (Å²) in [5.41, 5.74) is 2.06. The molecule has 7 nitrogen and oxygen atoms in total. The standard InChI is InChI=1S/C20H24N4O3/c1-13(2)23-16-7-4-8-22-18(16)14-5-3-6-15(20(26)27)17(14)19(25)24-11-9-21-10-12-24/h3-8,13,21,23H,9-12H2,1-2H3,(H,26,27). The predicted molar refractivity (Wildman–Crippen MR) is 104 cm³/mol. The Morgan fingerprint density at radius 3 is 2.59 bits per heavy atom. The SMILES string of the molecule is CC(C)Nc1cccnc1-c1cccc(C(=O)O)c1C(=O)N1CCNCC1. The Kier molecular flexibility index (Phi) is 5.71. The summed E-state index contributed by atoms with van der Waals surface area (Å²) in [4.78, 5) is 31.2. The lowest BCUT2D eigenvalue weighted by Crippen LogP contribution is -2.46. The lowest BCUT2D eigenvalue weighted by Gasteiger charge is -2.29. The summed E-state index contributed by atoms with van der Waals surface area (Å²) in [5.74, 6) is -1.39. The molecular weight excluding hydrogens is 344 g/mol. The molecule has 142 valence electrons. The number of benzene rings is 1. The summed E-state index contributed by atoms with van der Waals surface area (Å²) < 4.78 is 0. The van der Waals surface area contributed by atoms with E-state index >= 15 is 0 Å². The van der Waals surface area contributed by atoms with E-state index in [1.807, 2.05) is 26.0 Å². The second kappa shape index (κ2) is 8.18. The van der Waals surface area contributed by atoms with Crippen LogP contribution in [0.4, 0.5) is 5.69 Å². The van der Waals surface area contributed by atoms with Gasteiger partial charge in [-0.25, -0.2) is 4.79 Å². The number of amides is 1. The number of nitrogens with zero attached hydrogens (tertiary/aromatic N) is 2. The molecule has 0 radical (unpaired) electrons. The monoisotopic (exact) mass is 368 g/mol. The fourth-order valence-electron chi connectivity index (χ4n) is 3.23. The molecule has 2 aromatic rings. The van der Waals surface area contributed by atoms with Crippen LogP contribution < -0.4 is 10.6 Å². The second-order valence-corrected chi connectivity index (χ2v) is 6.77. The van der Waals surface area contributed by atoms with Crippen LogP contribution in [0.3, 0.4) is 0 Å².